The highest BCUT2D eigenvalue weighted by molar-refractivity contribution is 6.30. The van der Waals surface area contributed by atoms with Crippen molar-refractivity contribution in [1.82, 2.24) is 24.8 Å². The number of carbonyl (C=O) groups excluding carboxylic acids is 1. The molecule has 0 saturated carbocycles. The minimum atomic E-state index is -1.93. The summed E-state index contributed by atoms with van der Waals surface area (Å²) in [7, 11) is 0. The van der Waals surface area contributed by atoms with Crippen molar-refractivity contribution in [3.05, 3.63) is 29.3 Å². The fourth-order valence-corrected chi connectivity index (χ4v) is 7.29. The minimum absolute atomic E-state index is 0.0584. The number of amides is 1. The van der Waals surface area contributed by atoms with E-state index in [-0.39, 0.29) is 54.0 Å². The number of ether oxygens (including phenoxy) is 2. The number of carbonyl (C=O) groups is 1. The summed E-state index contributed by atoms with van der Waals surface area (Å²) in [5.74, 6) is -0.644. The number of anilines is 1. The van der Waals surface area contributed by atoms with E-state index in [0.29, 0.717) is 19.4 Å². The van der Waals surface area contributed by atoms with Crippen molar-refractivity contribution in [2.45, 2.75) is 81.8 Å². The first kappa shape index (κ1) is 29.2. The fraction of sp³-hybridized carbons (Fsp3) is 0.643. The second-order valence-electron chi connectivity index (χ2n) is 12.8. The topological polar surface area (TPSA) is 83.9 Å². The van der Waals surface area contributed by atoms with Crippen LogP contribution in [0.3, 0.4) is 0 Å². The maximum Gasteiger partial charge on any atom is 0.411 e. The number of nitrogens with zero attached hydrogens (tertiary/aromatic N) is 6. The van der Waals surface area contributed by atoms with E-state index in [0.717, 1.165) is 25.5 Å². The molecule has 0 spiro atoms. The van der Waals surface area contributed by atoms with Gasteiger partial charge >= 0.3 is 12.1 Å². The second kappa shape index (κ2) is 10.4. The van der Waals surface area contributed by atoms with Crippen LogP contribution in [0.2, 0.25) is 5.15 Å². The summed E-state index contributed by atoms with van der Waals surface area (Å²) < 4.78 is 69.0. The number of piperazine rings is 1. The van der Waals surface area contributed by atoms with E-state index in [1.54, 1.807) is 25.7 Å². The molecule has 2 unspecified atom stereocenters. The number of hydrogen-bond donors (Lipinski definition) is 0. The van der Waals surface area contributed by atoms with Crippen molar-refractivity contribution in [3.8, 4) is 6.01 Å². The van der Waals surface area contributed by atoms with Gasteiger partial charge in [0.15, 0.2) is 11.0 Å². The molecule has 9 nitrogen and oxygen atoms in total. The van der Waals surface area contributed by atoms with Gasteiger partial charge in [0.2, 0.25) is 0 Å². The molecular weight excluding hydrogens is 580 g/mol. The number of fused-ring (bicyclic) bond motifs is 4. The first-order valence-corrected chi connectivity index (χ1v) is 14.5. The molecule has 42 heavy (non-hydrogen) atoms. The normalized spacial score (nSPS) is 29.2. The Bertz CT molecular complexity index is 1440. The number of aromatic nitrogens is 3. The van der Waals surface area contributed by atoms with Gasteiger partial charge in [-0.1, -0.05) is 11.6 Å². The van der Waals surface area contributed by atoms with Crippen molar-refractivity contribution in [1.29, 1.82) is 0 Å². The fourth-order valence-electron chi connectivity index (χ4n) is 7.15. The van der Waals surface area contributed by atoms with E-state index in [9.17, 15) is 18.0 Å². The van der Waals surface area contributed by atoms with E-state index in [4.69, 9.17) is 21.1 Å². The van der Waals surface area contributed by atoms with Crippen LogP contribution in [0.5, 0.6) is 6.01 Å². The van der Waals surface area contributed by atoms with Gasteiger partial charge in [0, 0.05) is 38.3 Å². The molecule has 0 N–H and O–H groups in total. The Kier molecular flexibility index (Phi) is 7.19. The minimum Gasteiger partial charge on any atom is -0.461 e. The third kappa shape index (κ3) is 5.12. The van der Waals surface area contributed by atoms with Gasteiger partial charge < -0.3 is 14.4 Å². The molecule has 6 rings (SSSR count). The molecule has 2 bridgehead atoms. The molecule has 228 valence electrons. The number of alkyl halides is 1. The van der Waals surface area contributed by atoms with E-state index in [1.807, 2.05) is 0 Å². The van der Waals surface area contributed by atoms with Gasteiger partial charge in [-0.15, -0.1) is 0 Å². The zero-order chi connectivity index (χ0) is 30.0. The van der Waals surface area contributed by atoms with Gasteiger partial charge in [-0.3, -0.25) is 9.80 Å². The predicted octanol–water partition coefficient (Wildman–Crippen LogP) is 5.51. The monoisotopic (exact) mass is 612 g/mol. The molecule has 4 aliphatic heterocycles. The van der Waals surface area contributed by atoms with Gasteiger partial charge in [-0.2, -0.15) is 18.7 Å². The summed E-state index contributed by atoms with van der Waals surface area (Å²) in [5, 5.41) is -0.164. The molecule has 4 aliphatic rings. The van der Waals surface area contributed by atoms with E-state index in [1.165, 1.54) is 11.1 Å². The van der Waals surface area contributed by atoms with Crippen LogP contribution in [-0.2, 0) is 4.74 Å². The van der Waals surface area contributed by atoms with Crippen LogP contribution in [0.1, 0.15) is 52.9 Å². The maximum absolute atomic E-state index is 15.3. The first-order valence-electron chi connectivity index (χ1n) is 14.1. The molecule has 0 aliphatic carbocycles. The Morgan fingerprint density at radius 2 is 2.02 bits per heavy atom. The third-order valence-corrected chi connectivity index (χ3v) is 9.01. The zero-order valence-corrected chi connectivity index (χ0v) is 24.4. The molecule has 2 aromatic heterocycles. The quantitative estimate of drug-likeness (QED) is 0.323. The highest BCUT2D eigenvalue weighted by Crippen LogP contribution is 2.45. The van der Waals surface area contributed by atoms with Crippen LogP contribution in [0.4, 0.5) is 28.2 Å². The van der Waals surface area contributed by atoms with Crippen molar-refractivity contribution >= 4 is 34.4 Å². The molecule has 6 heterocycles. The summed E-state index contributed by atoms with van der Waals surface area (Å²) in [6.45, 7) is 6.54. The second-order valence-corrected chi connectivity index (χ2v) is 13.1. The molecule has 1 amide bonds. The number of halogens is 5. The molecule has 0 aromatic carbocycles. The van der Waals surface area contributed by atoms with E-state index in [2.05, 4.69) is 19.9 Å². The summed E-state index contributed by atoms with van der Waals surface area (Å²) in [5.41, 5.74) is -2.82. The van der Waals surface area contributed by atoms with Crippen LogP contribution < -0.4 is 9.64 Å². The highest BCUT2D eigenvalue weighted by Gasteiger charge is 2.55. The van der Waals surface area contributed by atoms with E-state index >= 15 is 4.39 Å². The average Bonchev–Trinajstić information content (AvgIpc) is 3.49. The lowest BCUT2D eigenvalue weighted by Gasteiger charge is -2.47. The van der Waals surface area contributed by atoms with Crippen molar-refractivity contribution < 1.29 is 31.8 Å². The van der Waals surface area contributed by atoms with Gasteiger partial charge in [-0.05, 0) is 53.0 Å². The first-order chi connectivity index (χ1) is 19.8. The molecule has 0 radical (unpaired) electrons. The molecule has 14 heteroatoms. The number of pyridine rings is 1. The largest absolute Gasteiger partial charge is 0.461 e. The third-order valence-electron chi connectivity index (χ3n) is 8.75. The predicted molar refractivity (Wildman–Crippen MR) is 147 cm³/mol. The molecule has 2 aromatic rings. The molecule has 4 fully saturated rings. The summed E-state index contributed by atoms with van der Waals surface area (Å²) in [4.78, 5) is 31.3. The van der Waals surface area contributed by atoms with Crippen molar-refractivity contribution in [3.63, 3.8) is 0 Å². The lowest BCUT2D eigenvalue weighted by Crippen LogP contribution is -2.63. The Hall–Kier alpha value is -2.93. The summed E-state index contributed by atoms with van der Waals surface area (Å²) >= 11 is 5.99. The molecule has 4 saturated heterocycles. The maximum atomic E-state index is 15.3. The van der Waals surface area contributed by atoms with Crippen LogP contribution >= 0.6 is 11.6 Å². The number of hydrogen-bond acceptors (Lipinski definition) is 8. The standard InChI is InChI=1S/C28H33ClF4N6O3/c1-26(2,3)42-25(40)39-17-5-7-27(39,10-19(31)32)14-37(13-17)23-18-11-34-22(29)20(33)21(18)35-24(36-23)41-15-28-6-4-8-38(28)12-16(30)9-28/h10-11,16-17H,4-9,12-15H2,1-3H3/t16-,17?,27?,28-/m0/s1. The summed E-state index contributed by atoms with van der Waals surface area (Å²) in [6, 6.07) is -0.611. The zero-order valence-electron chi connectivity index (χ0n) is 23.7. The van der Waals surface area contributed by atoms with Gasteiger partial charge in [0.1, 0.15) is 29.7 Å². The average molecular weight is 613 g/mol. The van der Waals surface area contributed by atoms with Gasteiger partial charge in [0.25, 0.3) is 6.08 Å². The Labute approximate surface area is 245 Å². The SMILES string of the molecule is CC(C)(C)OC(=O)N1C2CCC1(C=C(F)F)CN(c1nc(OC[C@@]34CCCN3C[C@@H](F)C4)nc3c(F)c(Cl)ncc13)C2. The highest BCUT2D eigenvalue weighted by atomic mass is 35.5. The van der Waals surface area contributed by atoms with E-state index < -0.39 is 46.9 Å². The van der Waals surface area contributed by atoms with Crippen LogP contribution in [-0.4, -0.2) is 92.5 Å². The molecule has 4 atom stereocenters. The van der Waals surface area contributed by atoms with Crippen LogP contribution in [0, 0.1) is 5.82 Å². The Balaban J connectivity index is 1.37. The Morgan fingerprint density at radius 3 is 2.76 bits per heavy atom. The lowest BCUT2D eigenvalue weighted by molar-refractivity contribution is 0.00167. The Morgan fingerprint density at radius 1 is 1.24 bits per heavy atom. The number of rotatable bonds is 5. The lowest BCUT2D eigenvalue weighted by atomic mass is 9.94. The summed E-state index contributed by atoms with van der Waals surface area (Å²) in [6.07, 6.45) is 1.30. The van der Waals surface area contributed by atoms with Crippen LogP contribution in [0.15, 0.2) is 18.4 Å². The smallest absolute Gasteiger partial charge is 0.411 e. The van der Waals surface area contributed by atoms with Crippen molar-refractivity contribution in [2.75, 3.05) is 37.7 Å². The van der Waals surface area contributed by atoms with Crippen molar-refractivity contribution in [2.24, 2.45) is 0 Å². The van der Waals surface area contributed by atoms with Gasteiger partial charge in [-0.25, -0.2) is 18.6 Å². The van der Waals surface area contributed by atoms with Crippen LogP contribution in [0.25, 0.3) is 10.9 Å². The molecular formula is C28H33ClF4N6O3. The van der Waals surface area contributed by atoms with Gasteiger partial charge in [0.05, 0.1) is 22.5 Å².